The molecule has 9 heteroatoms. The lowest BCUT2D eigenvalue weighted by Crippen LogP contribution is -2.51. The summed E-state index contributed by atoms with van der Waals surface area (Å²) in [5, 5.41) is 0. The quantitative estimate of drug-likeness (QED) is 0.135. The Balaban J connectivity index is 0.823. The SMILES string of the molecule is C=C(C)C1CCC2C3CC=C4CC(OP(=O)(O)OCC(N)C(=O)OC5CCC6(C)C(=CCC7C6CCC6(C)C(C(C)=O)CCC76)C5)CCC4(C)C3CCC12C. The Morgan fingerprint density at radius 2 is 1.29 bits per heavy atom. The highest BCUT2D eigenvalue weighted by Gasteiger charge is 2.61. The number of phosphoric acid groups is 1. The standard InChI is InChI=1S/C46H70NO7P/c1-27(2)35-12-14-37-33-11-9-30-25-32(17-21-44(30,5)39(33)18-22-45(35,37)6)54-55(50,51)52-26-41(47)42(49)53-31-16-20-43(4)29(24-31)8-10-34-38-15-13-36(28(3)48)46(38,7)23-19-40(34)43/h8-9,31-41H,1,10-26,47H2,2-7H3,(H,50,51). The number of ether oxygens (including phenoxy) is 1. The third kappa shape index (κ3) is 6.67. The van der Waals surface area contributed by atoms with Crippen molar-refractivity contribution in [1.82, 2.24) is 0 Å². The van der Waals surface area contributed by atoms with Crippen LogP contribution < -0.4 is 5.73 Å². The van der Waals surface area contributed by atoms with E-state index in [1.807, 2.05) is 0 Å². The number of esters is 1. The van der Waals surface area contributed by atoms with E-state index in [1.165, 1.54) is 42.4 Å². The van der Waals surface area contributed by atoms with E-state index >= 15 is 0 Å². The largest absolute Gasteiger partial charge is 0.472 e. The number of fused-ring (bicyclic) bond motifs is 10. The molecule has 0 radical (unpaired) electrons. The molecule has 6 fully saturated rings. The molecule has 8 rings (SSSR count). The molecule has 8 aliphatic rings. The fourth-order valence-electron chi connectivity index (χ4n) is 15.6. The third-order valence-corrected chi connectivity index (χ3v) is 19.5. The van der Waals surface area contributed by atoms with E-state index in [1.54, 1.807) is 6.92 Å². The summed E-state index contributed by atoms with van der Waals surface area (Å²) in [7, 11) is -4.45. The summed E-state index contributed by atoms with van der Waals surface area (Å²) in [4.78, 5) is 36.5. The Bertz CT molecular complexity index is 1690. The number of rotatable bonds is 9. The lowest BCUT2D eigenvalue weighted by molar-refractivity contribution is -0.154. The van der Waals surface area contributed by atoms with Gasteiger partial charge in [-0.25, -0.2) is 4.57 Å². The first-order valence-corrected chi connectivity index (χ1v) is 23.6. The van der Waals surface area contributed by atoms with Gasteiger partial charge in [0.25, 0.3) is 0 Å². The van der Waals surface area contributed by atoms with Crippen molar-refractivity contribution in [3.63, 3.8) is 0 Å². The summed E-state index contributed by atoms with van der Waals surface area (Å²) in [6.45, 7) is 17.7. The van der Waals surface area contributed by atoms with Gasteiger partial charge in [0.2, 0.25) is 0 Å². The molecule has 8 aliphatic carbocycles. The Kier molecular flexibility index (Phi) is 10.5. The van der Waals surface area contributed by atoms with Gasteiger partial charge in [0, 0.05) is 12.3 Å². The maximum atomic E-state index is 13.2. The highest BCUT2D eigenvalue weighted by Crippen LogP contribution is 2.69. The van der Waals surface area contributed by atoms with Crippen molar-refractivity contribution in [2.24, 2.45) is 74.7 Å². The fourth-order valence-corrected chi connectivity index (χ4v) is 16.6. The average molecular weight is 780 g/mol. The molecule has 0 aliphatic heterocycles. The van der Waals surface area contributed by atoms with E-state index in [4.69, 9.17) is 19.5 Å². The van der Waals surface area contributed by atoms with Crippen molar-refractivity contribution < 1.29 is 32.8 Å². The molecular formula is C46H70NO7P. The second-order valence-electron chi connectivity index (χ2n) is 21.0. The summed E-state index contributed by atoms with van der Waals surface area (Å²) in [6.07, 6.45) is 20.5. The van der Waals surface area contributed by atoms with Gasteiger partial charge in [0.05, 0.1) is 12.7 Å². The van der Waals surface area contributed by atoms with E-state index in [0.29, 0.717) is 66.0 Å². The molecule has 0 bridgehead atoms. The second-order valence-corrected chi connectivity index (χ2v) is 22.4. The normalized spacial score (nSPS) is 47.6. The van der Waals surface area contributed by atoms with Crippen LogP contribution in [-0.2, 0) is 27.9 Å². The van der Waals surface area contributed by atoms with Gasteiger partial charge in [-0.2, -0.15) is 0 Å². The first kappa shape index (κ1) is 40.2. The molecular weight excluding hydrogens is 709 g/mol. The summed E-state index contributed by atoms with van der Waals surface area (Å²) in [5.74, 6) is 4.46. The number of allylic oxidation sites excluding steroid dienone is 3. The van der Waals surface area contributed by atoms with Gasteiger partial charge in [0.15, 0.2) is 0 Å². The van der Waals surface area contributed by atoms with Crippen LogP contribution in [-0.4, -0.2) is 41.5 Å². The molecule has 0 heterocycles. The van der Waals surface area contributed by atoms with Crippen LogP contribution in [0.3, 0.4) is 0 Å². The molecule has 16 atom stereocenters. The summed E-state index contributed by atoms with van der Waals surface area (Å²) in [6, 6.07) is -1.18. The molecule has 0 amide bonds. The number of phosphoric ester groups is 1. The number of hydrogen-bond donors (Lipinski definition) is 2. The molecule has 0 aromatic carbocycles. The molecule has 6 saturated carbocycles. The van der Waals surface area contributed by atoms with Crippen LogP contribution in [0.5, 0.6) is 0 Å². The second kappa shape index (κ2) is 14.3. The molecule has 306 valence electrons. The van der Waals surface area contributed by atoms with Crippen LogP contribution >= 0.6 is 7.82 Å². The number of ketones is 1. The number of carbonyl (C=O) groups excluding carboxylic acids is 2. The molecule has 55 heavy (non-hydrogen) atoms. The monoisotopic (exact) mass is 779 g/mol. The summed E-state index contributed by atoms with van der Waals surface area (Å²) >= 11 is 0. The third-order valence-electron chi connectivity index (χ3n) is 18.5. The van der Waals surface area contributed by atoms with Crippen LogP contribution in [0, 0.1) is 69.0 Å². The van der Waals surface area contributed by atoms with Crippen LogP contribution in [0.1, 0.15) is 144 Å². The van der Waals surface area contributed by atoms with Crippen LogP contribution in [0.15, 0.2) is 35.5 Å². The summed E-state index contributed by atoms with van der Waals surface area (Å²) < 4.78 is 30.3. The molecule has 3 N–H and O–H groups in total. The van der Waals surface area contributed by atoms with Gasteiger partial charge < -0.3 is 15.4 Å². The number of carbonyl (C=O) groups is 2. The molecule has 0 saturated heterocycles. The lowest BCUT2D eigenvalue weighted by atomic mass is 9.47. The van der Waals surface area contributed by atoms with Crippen LogP contribution in [0.2, 0.25) is 0 Å². The predicted octanol–water partition coefficient (Wildman–Crippen LogP) is 10.1. The van der Waals surface area contributed by atoms with E-state index in [9.17, 15) is 19.0 Å². The maximum Gasteiger partial charge on any atom is 0.472 e. The van der Waals surface area contributed by atoms with Crippen LogP contribution in [0.25, 0.3) is 0 Å². The number of Topliss-reactive ketones (excluding diaryl/α,β-unsaturated/α-hetero) is 1. The Morgan fingerprint density at radius 1 is 0.782 bits per heavy atom. The molecule has 0 aromatic heterocycles. The number of hydrogen-bond acceptors (Lipinski definition) is 7. The van der Waals surface area contributed by atoms with Gasteiger partial charge >= 0.3 is 13.8 Å². The molecule has 8 nitrogen and oxygen atoms in total. The Labute approximate surface area is 330 Å². The van der Waals surface area contributed by atoms with E-state index < -0.39 is 32.5 Å². The van der Waals surface area contributed by atoms with E-state index in [0.717, 1.165) is 63.7 Å². The predicted molar refractivity (Wildman–Crippen MR) is 214 cm³/mol. The minimum Gasteiger partial charge on any atom is -0.461 e. The number of nitrogens with two attached hydrogens (primary N) is 1. The topological polar surface area (TPSA) is 125 Å². The zero-order valence-corrected chi connectivity index (χ0v) is 35.5. The minimum absolute atomic E-state index is 0.0849. The highest BCUT2D eigenvalue weighted by molar-refractivity contribution is 7.47. The zero-order chi connectivity index (χ0) is 39.3. The molecule has 0 aromatic rings. The average Bonchev–Trinajstić information content (AvgIpc) is 3.68. The van der Waals surface area contributed by atoms with Gasteiger partial charge in [0.1, 0.15) is 17.9 Å². The zero-order valence-electron chi connectivity index (χ0n) is 34.7. The molecule has 0 spiro atoms. The van der Waals surface area contributed by atoms with E-state index in [2.05, 4.69) is 53.3 Å². The Hall–Kier alpha value is -1.57. The first-order valence-electron chi connectivity index (χ1n) is 22.1. The van der Waals surface area contributed by atoms with Gasteiger partial charge in [-0.1, -0.05) is 63.1 Å². The van der Waals surface area contributed by atoms with Crippen molar-refractivity contribution in [2.75, 3.05) is 6.61 Å². The maximum absolute atomic E-state index is 13.2. The molecule has 16 unspecified atom stereocenters. The highest BCUT2D eigenvalue weighted by atomic mass is 31.2. The summed E-state index contributed by atoms with van der Waals surface area (Å²) in [5.41, 5.74) is 11.0. The van der Waals surface area contributed by atoms with Gasteiger partial charge in [-0.15, -0.1) is 0 Å². The first-order chi connectivity index (χ1) is 25.9. The van der Waals surface area contributed by atoms with Crippen molar-refractivity contribution >= 4 is 19.6 Å². The Morgan fingerprint density at radius 3 is 1.84 bits per heavy atom. The van der Waals surface area contributed by atoms with Crippen LogP contribution in [0.4, 0.5) is 0 Å². The van der Waals surface area contributed by atoms with Gasteiger partial charge in [-0.05, 0) is 173 Å². The fraction of sp³-hybridized carbons (Fsp3) is 0.826. The smallest absolute Gasteiger partial charge is 0.461 e. The van der Waals surface area contributed by atoms with Crippen molar-refractivity contribution in [2.45, 2.75) is 163 Å². The van der Waals surface area contributed by atoms with Gasteiger partial charge in [-0.3, -0.25) is 18.6 Å². The van der Waals surface area contributed by atoms with E-state index in [-0.39, 0.29) is 28.3 Å². The van der Waals surface area contributed by atoms with Crippen molar-refractivity contribution in [1.29, 1.82) is 0 Å². The van der Waals surface area contributed by atoms with Crippen molar-refractivity contribution in [3.05, 3.63) is 35.5 Å². The van der Waals surface area contributed by atoms with Crippen molar-refractivity contribution in [3.8, 4) is 0 Å². The minimum atomic E-state index is -4.45. The lowest BCUT2D eigenvalue weighted by Gasteiger charge is -2.58.